The SMILES string of the molecule is C=CCn1c(SCC(C)C)nnc1-c1ccccc1. The molecule has 100 valence electrons. The van der Waals surface area contributed by atoms with Crippen LogP contribution < -0.4 is 0 Å². The van der Waals surface area contributed by atoms with Crippen molar-refractivity contribution < 1.29 is 0 Å². The molecule has 0 atom stereocenters. The molecular weight excluding hydrogens is 254 g/mol. The number of hydrogen-bond acceptors (Lipinski definition) is 3. The van der Waals surface area contributed by atoms with Gasteiger partial charge in [0.15, 0.2) is 11.0 Å². The summed E-state index contributed by atoms with van der Waals surface area (Å²) in [6, 6.07) is 10.2. The number of hydrogen-bond donors (Lipinski definition) is 0. The summed E-state index contributed by atoms with van der Waals surface area (Å²) < 4.78 is 2.12. The van der Waals surface area contributed by atoms with Crippen LogP contribution in [0.2, 0.25) is 0 Å². The first kappa shape index (κ1) is 13.9. The fourth-order valence-electron chi connectivity index (χ4n) is 1.73. The number of allylic oxidation sites excluding steroid dienone is 1. The molecule has 2 rings (SSSR count). The first-order chi connectivity index (χ1) is 9.22. The number of rotatable bonds is 6. The summed E-state index contributed by atoms with van der Waals surface area (Å²) in [6.07, 6.45) is 1.88. The number of thioether (sulfide) groups is 1. The van der Waals surface area contributed by atoms with E-state index in [4.69, 9.17) is 0 Å². The normalized spacial score (nSPS) is 10.9. The second kappa shape index (κ2) is 6.57. The third-order valence-corrected chi connectivity index (χ3v) is 4.00. The van der Waals surface area contributed by atoms with Gasteiger partial charge in [-0.25, -0.2) is 0 Å². The fraction of sp³-hybridized carbons (Fsp3) is 0.333. The summed E-state index contributed by atoms with van der Waals surface area (Å²) in [7, 11) is 0. The van der Waals surface area contributed by atoms with Crippen molar-refractivity contribution in [3.8, 4) is 11.4 Å². The van der Waals surface area contributed by atoms with E-state index in [9.17, 15) is 0 Å². The maximum atomic E-state index is 4.33. The van der Waals surface area contributed by atoms with Gasteiger partial charge in [0.25, 0.3) is 0 Å². The van der Waals surface area contributed by atoms with Crippen molar-refractivity contribution in [3.05, 3.63) is 43.0 Å². The van der Waals surface area contributed by atoms with Crippen LogP contribution in [0.1, 0.15) is 13.8 Å². The zero-order valence-corrected chi connectivity index (χ0v) is 12.2. The van der Waals surface area contributed by atoms with E-state index < -0.39 is 0 Å². The standard InChI is InChI=1S/C15H19N3S/c1-4-10-18-14(13-8-6-5-7-9-13)16-17-15(18)19-11-12(2)3/h4-9,12H,1,10-11H2,2-3H3. The van der Waals surface area contributed by atoms with Crippen LogP contribution in [0, 0.1) is 5.92 Å². The average molecular weight is 273 g/mol. The van der Waals surface area contributed by atoms with Crippen LogP contribution in [0.15, 0.2) is 48.1 Å². The summed E-state index contributed by atoms with van der Waals surface area (Å²) in [4.78, 5) is 0. The van der Waals surface area contributed by atoms with Gasteiger partial charge < -0.3 is 0 Å². The highest BCUT2D eigenvalue weighted by Gasteiger charge is 2.13. The molecule has 0 saturated heterocycles. The molecule has 1 aromatic carbocycles. The second-order valence-electron chi connectivity index (χ2n) is 4.78. The van der Waals surface area contributed by atoms with E-state index in [1.54, 1.807) is 11.8 Å². The molecule has 0 aliphatic heterocycles. The minimum atomic E-state index is 0.638. The second-order valence-corrected chi connectivity index (χ2v) is 5.76. The molecular formula is C15H19N3S. The lowest BCUT2D eigenvalue weighted by atomic mass is 10.2. The first-order valence-electron chi connectivity index (χ1n) is 6.44. The van der Waals surface area contributed by atoms with E-state index in [-0.39, 0.29) is 0 Å². The van der Waals surface area contributed by atoms with E-state index >= 15 is 0 Å². The van der Waals surface area contributed by atoms with E-state index in [1.165, 1.54) is 0 Å². The van der Waals surface area contributed by atoms with Crippen LogP contribution in [0.5, 0.6) is 0 Å². The molecule has 1 aromatic heterocycles. The highest BCUT2D eigenvalue weighted by molar-refractivity contribution is 7.99. The summed E-state index contributed by atoms with van der Waals surface area (Å²) in [5.41, 5.74) is 1.09. The van der Waals surface area contributed by atoms with E-state index in [2.05, 4.69) is 47.3 Å². The van der Waals surface area contributed by atoms with E-state index in [1.807, 2.05) is 24.3 Å². The highest BCUT2D eigenvalue weighted by atomic mass is 32.2. The quantitative estimate of drug-likeness (QED) is 0.591. The Morgan fingerprint density at radius 1 is 1.26 bits per heavy atom. The lowest BCUT2D eigenvalue weighted by Crippen LogP contribution is -2.02. The van der Waals surface area contributed by atoms with Crippen LogP contribution >= 0.6 is 11.8 Å². The number of aromatic nitrogens is 3. The Labute approximate surface area is 118 Å². The molecule has 19 heavy (non-hydrogen) atoms. The minimum absolute atomic E-state index is 0.638. The molecule has 0 saturated carbocycles. The third-order valence-electron chi connectivity index (χ3n) is 2.61. The summed E-state index contributed by atoms with van der Waals surface area (Å²) in [5, 5.41) is 9.60. The summed E-state index contributed by atoms with van der Waals surface area (Å²) in [6.45, 7) is 8.97. The van der Waals surface area contributed by atoms with Crippen LogP contribution in [0.25, 0.3) is 11.4 Å². The van der Waals surface area contributed by atoms with Gasteiger partial charge in [-0.3, -0.25) is 4.57 Å². The zero-order chi connectivity index (χ0) is 13.7. The number of benzene rings is 1. The predicted octanol–water partition coefficient (Wildman–Crippen LogP) is 3.88. The Morgan fingerprint density at radius 2 is 2.00 bits per heavy atom. The highest BCUT2D eigenvalue weighted by Crippen LogP contribution is 2.25. The smallest absolute Gasteiger partial charge is 0.191 e. The molecule has 0 unspecified atom stereocenters. The lowest BCUT2D eigenvalue weighted by Gasteiger charge is -2.08. The molecule has 1 heterocycles. The molecule has 0 fully saturated rings. The Hall–Kier alpha value is -1.55. The molecule has 0 amide bonds. The van der Waals surface area contributed by atoms with Crippen molar-refractivity contribution in [2.24, 2.45) is 5.92 Å². The average Bonchev–Trinajstić information content (AvgIpc) is 2.81. The van der Waals surface area contributed by atoms with Crippen LogP contribution in [0.3, 0.4) is 0 Å². The van der Waals surface area contributed by atoms with Gasteiger partial charge in [-0.2, -0.15) is 0 Å². The van der Waals surface area contributed by atoms with Gasteiger partial charge in [0.05, 0.1) is 0 Å². The van der Waals surface area contributed by atoms with Crippen molar-refractivity contribution in [3.63, 3.8) is 0 Å². The van der Waals surface area contributed by atoms with Crippen molar-refractivity contribution in [2.75, 3.05) is 5.75 Å². The van der Waals surface area contributed by atoms with Crippen LogP contribution in [0.4, 0.5) is 0 Å². The zero-order valence-electron chi connectivity index (χ0n) is 11.4. The molecule has 0 radical (unpaired) electrons. The maximum Gasteiger partial charge on any atom is 0.191 e. The van der Waals surface area contributed by atoms with Gasteiger partial charge in [-0.05, 0) is 5.92 Å². The largest absolute Gasteiger partial charge is 0.298 e. The summed E-state index contributed by atoms with van der Waals surface area (Å²) >= 11 is 1.75. The first-order valence-corrected chi connectivity index (χ1v) is 7.43. The van der Waals surface area contributed by atoms with Gasteiger partial charge in [0, 0.05) is 17.9 Å². The Balaban J connectivity index is 2.31. The molecule has 3 nitrogen and oxygen atoms in total. The molecule has 0 N–H and O–H groups in total. The summed E-state index contributed by atoms with van der Waals surface area (Å²) in [5.74, 6) is 2.59. The minimum Gasteiger partial charge on any atom is -0.298 e. The third kappa shape index (κ3) is 3.47. The van der Waals surface area contributed by atoms with Gasteiger partial charge in [-0.1, -0.05) is 62.0 Å². The van der Waals surface area contributed by atoms with Gasteiger partial charge in [0.1, 0.15) is 0 Å². The van der Waals surface area contributed by atoms with Crippen molar-refractivity contribution in [1.82, 2.24) is 14.8 Å². The Kier molecular flexibility index (Phi) is 4.80. The Morgan fingerprint density at radius 3 is 2.63 bits per heavy atom. The fourth-order valence-corrected chi connectivity index (χ4v) is 2.63. The molecule has 0 aliphatic rings. The maximum absolute atomic E-state index is 4.33. The topological polar surface area (TPSA) is 30.7 Å². The number of nitrogens with zero attached hydrogens (tertiary/aromatic N) is 3. The molecule has 4 heteroatoms. The molecule has 0 aliphatic carbocycles. The van der Waals surface area contributed by atoms with Gasteiger partial charge >= 0.3 is 0 Å². The molecule has 2 aromatic rings. The van der Waals surface area contributed by atoms with E-state index in [0.717, 1.165) is 28.8 Å². The Bertz CT molecular complexity index is 532. The predicted molar refractivity (Wildman–Crippen MR) is 81.2 cm³/mol. The molecule has 0 bridgehead atoms. The lowest BCUT2D eigenvalue weighted by molar-refractivity contribution is 0.716. The van der Waals surface area contributed by atoms with Crippen molar-refractivity contribution in [2.45, 2.75) is 25.5 Å². The van der Waals surface area contributed by atoms with Crippen LogP contribution in [-0.2, 0) is 6.54 Å². The van der Waals surface area contributed by atoms with E-state index in [0.29, 0.717) is 5.92 Å². The van der Waals surface area contributed by atoms with Gasteiger partial charge in [-0.15, -0.1) is 16.8 Å². The molecule has 0 spiro atoms. The van der Waals surface area contributed by atoms with Crippen molar-refractivity contribution in [1.29, 1.82) is 0 Å². The van der Waals surface area contributed by atoms with Crippen molar-refractivity contribution >= 4 is 11.8 Å². The monoisotopic (exact) mass is 273 g/mol. The van der Waals surface area contributed by atoms with Crippen LogP contribution in [-0.4, -0.2) is 20.5 Å². The van der Waals surface area contributed by atoms with Gasteiger partial charge in [0.2, 0.25) is 0 Å².